The molecule has 3 rings (SSSR count). The van der Waals surface area contributed by atoms with Crippen LogP contribution in [0.3, 0.4) is 0 Å². The molecule has 0 saturated carbocycles. The van der Waals surface area contributed by atoms with E-state index in [0.717, 1.165) is 11.3 Å². The van der Waals surface area contributed by atoms with E-state index in [0.29, 0.717) is 5.56 Å². The number of pyridine rings is 1. The fourth-order valence-electron chi connectivity index (χ4n) is 2.65. The largest absolute Gasteiger partial charge is 0.343 e. The molecule has 1 atom stereocenters. The minimum absolute atomic E-state index is 0.00445. The van der Waals surface area contributed by atoms with Crippen LogP contribution in [-0.4, -0.2) is 15.8 Å². The smallest absolute Gasteiger partial charge is 0.269 e. The van der Waals surface area contributed by atoms with Crippen molar-refractivity contribution in [3.8, 4) is 0 Å². The van der Waals surface area contributed by atoms with Crippen molar-refractivity contribution in [3.63, 3.8) is 0 Å². The van der Waals surface area contributed by atoms with Crippen LogP contribution in [0.15, 0.2) is 79.0 Å². The molecule has 26 heavy (non-hydrogen) atoms. The van der Waals surface area contributed by atoms with Crippen LogP contribution in [0.5, 0.6) is 0 Å². The Kier molecular flexibility index (Phi) is 5.34. The molecule has 1 aromatic heterocycles. The lowest BCUT2D eigenvalue weighted by molar-refractivity contribution is -0.384. The number of carbonyl (C=O) groups is 1. The molecule has 1 N–H and O–H groups in total. The summed E-state index contributed by atoms with van der Waals surface area (Å²) < 4.78 is 0. The van der Waals surface area contributed by atoms with Crippen molar-refractivity contribution >= 4 is 11.6 Å². The van der Waals surface area contributed by atoms with Crippen LogP contribution in [0.4, 0.5) is 5.69 Å². The van der Waals surface area contributed by atoms with E-state index < -0.39 is 4.92 Å². The maximum Gasteiger partial charge on any atom is 0.269 e. The molecule has 1 heterocycles. The lowest BCUT2D eigenvalue weighted by Gasteiger charge is -2.19. The number of carbonyl (C=O) groups excluding carboxylic acids is 1. The highest BCUT2D eigenvalue weighted by molar-refractivity contribution is 5.79. The number of benzene rings is 2. The SMILES string of the molecule is O=C(Cc1ccc([N+](=O)[O-])cc1)N[C@@H](c1ccccc1)c1ccccn1. The van der Waals surface area contributed by atoms with Gasteiger partial charge in [-0.3, -0.25) is 19.9 Å². The van der Waals surface area contributed by atoms with Crippen molar-refractivity contribution in [2.75, 3.05) is 0 Å². The molecule has 0 fully saturated rings. The molecular formula is C20H17N3O3. The first-order chi connectivity index (χ1) is 12.6. The zero-order valence-electron chi connectivity index (χ0n) is 13.9. The van der Waals surface area contributed by atoms with E-state index in [1.165, 1.54) is 12.1 Å². The standard InChI is InChI=1S/C20H17N3O3/c24-19(14-15-9-11-17(12-10-15)23(25)26)22-20(16-6-2-1-3-7-16)18-8-4-5-13-21-18/h1-13,20H,14H2,(H,22,24)/t20-/m0/s1. The van der Waals surface area contributed by atoms with Gasteiger partial charge in [0, 0.05) is 18.3 Å². The maximum absolute atomic E-state index is 12.5. The first-order valence-electron chi connectivity index (χ1n) is 8.12. The van der Waals surface area contributed by atoms with E-state index in [9.17, 15) is 14.9 Å². The van der Waals surface area contributed by atoms with E-state index in [4.69, 9.17) is 0 Å². The zero-order chi connectivity index (χ0) is 18.4. The molecule has 2 aromatic carbocycles. The van der Waals surface area contributed by atoms with Gasteiger partial charge in [-0.25, -0.2) is 0 Å². The number of non-ortho nitro benzene ring substituents is 1. The van der Waals surface area contributed by atoms with Gasteiger partial charge in [0.05, 0.1) is 23.1 Å². The third kappa shape index (κ3) is 4.30. The molecule has 0 aliphatic heterocycles. The second-order valence-electron chi connectivity index (χ2n) is 5.77. The van der Waals surface area contributed by atoms with Gasteiger partial charge in [0.25, 0.3) is 5.69 Å². The van der Waals surface area contributed by atoms with Gasteiger partial charge in [0.1, 0.15) is 0 Å². The summed E-state index contributed by atoms with van der Waals surface area (Å²) in [7, 11) is 0. The molecule has 0 aliphatic rings. The second-order valence-corrected chi connectivity index (χ2v) is 5.77. The molecule has 0 radical (unpaired) electrons. The molecule has 0 saturated heterocycles. The highest BCUT2D eigenvalue weighted by atomic mass is 16.6. The van der Waals surface area contributed by atoms with E-state index in [1.807, 2.05) is 48.5 Å². The van der Waals surface area contributed by atoms with E-state index in [-0.39, 0.29) is 24.1 Å². The summed E-state index contributed by atoms with van der Waals surface area (Å²) in [6.45, 7) is 0. The van der Waals surface area contributed by atoms with Crippen LogP contribution >= 0.6 is 0 Å². The van der Waals surface area contributed by atoms with Gasteiger partial charge >= 0.3 is 0 Å². The normalized spacial score (nSPS) is 11.5. The van der Waals surface area contributed by atoms with Gasteiger partial charge in [-0.2, -0.15) is 0 Å². The van der Waals surface area contributed by atoms with Crippen LogP contribution in [0.2, 0.25) is 0 Å². The fourth-order valence-corrected chi connectivity index (χ4v) is 2.65. The van der Waals surface area contributed by atoms with Crippen LogP contribution in [0.25, 0.3) is 0 Å². The third-order valence-corrected chi connectivity index (χ3v) is 3.93. The number of nitrogens with one attached hydrogen (secondary N) is 1. The summed E-state index contributed by atoms with van der Waals surface area (Å²) in [5, 5.41) is 13.7. The van der Waals surface area contributed by atoms with Crippen molar-refractivity contribution in [1.82, 2.24) is 10.3 Å². The average molecular weight is 347 g/mol. The number of nitro groups is 1. The summed E-state index contributed by atoms with van der Waals surface area (Å²) in [4.78, 5) is 27.1. The minimum Gasteiger partial charge on any atom is -0.343 e. The van der Waals surface area contributed by atoms with E-state index in [2.05, 4.69) is 10.3 Å². The number of amides is 1. The first kappa shape index (κ1) is 17.3. The van der Waals surface area contributed by atoms with Crippen LogP contribution < -0.4 is 5.32 Å². The highest BCUT2D eigenvalue weighted by Gasteiger charge is 2.18. The van der Waals surface area contributed by atoms with Gasteiger partial charge in [-0.05, 0) is 23.3 Å². The van der Waals surface area contributed by atoms with Crippen molar-refractivity contribution in [2.24, 2.45) is 0 Å². The lowest BCUT2D eigenvalue weighted by Crippen LogP contribution is -2.31. The third-order valence-electron chi connectivity index (χ3n) is 3.93. The number of rotatable bonds is 6. The molecule has 1 amide bonds. The summed E-state index contributed by atoms with van der Waals surface area (Å²) >= 11 is 0. The lowest BCUT2D eigenvalue weighted by atomic mass is 10.0. The molecule has 0 bridgehead atoms. The molecule has 3 aromatic rings. The molecule has 6 nitrogen and oxygen atoms in total. The van der Waals surface area contributed by atoms with Crippen LogP contribution in [0, 0.1) is 10.1 Å². The highest BCUT2D eigenvalue weighted by Crippen LogP contribution is 2.20. The Morgan fingerprint density at radius 2 is 1.69 bits per heavy atom. The quantitative estimate of drug-likeness (QED) is 0.547. The van der Waals surface area contributed by atoms with Crippen LogP contribution in [-0.2, 0) is 11.2 Å². The summed E-state index contributed by atoms with van der Waals surface area (Å²) in [6, 6.07) is 20.8. The van der Waals surface area contributed by atoms with Gasteiger partial charge < -0.3 is 5.32 Å². The molecule has 6 heteroatoms. The summed E-state index contributed by atoms with van der Waals surface area (Å²) in [5.41, 5.74) is 2.39. The summed E-state index contributed by atoms with van der Waals surface area (Å²) in [5.74, 6) is -0.182. The predicted molar refractivity (Wildman–Crippen MR) is 97.5 cm³/mol. The Bertz CT molecular complexity index is 842. The number of hydrogen-bond acceptors (Lipinski definition) is 4. The predicted octanol–water partition coefficient (Wildman–Crippen LogP) is 3.44. The van der Waals surface area contributed by atoms with Gasteiger partial charge in [0.2, 0.25) is 5.91 Å². The molecule has 0 aliphatic carbocycles. The Morgan fingerprint density at radius 3 is 2.31 bits per heavy atom. The first-order valence-corrected chi connectivity index (χ1v) is 8.12. The number of aromatic nitrogens is 1. The number of nitrogens with zero attached hydrogens (tertiary/aromatic N) is 2. The number of hydrogen-bond donors (Lipinski definition) is 1. The van der Waals surface area contributed by atoms with Gasteiger partial charge in [0.15, 0.2) is 0 Å². The van der Waals surface area contributed by atoms with Crippen molar-refractivity contribution in [1.29, 1.82) is 0 Å². The molecular weight excluding hydrogens is 330 g/mol. The average Bonchev–Trinajstić information content (AvgIpc) is 2.68. The molecule has 130 valence electrons. The monoisotopic (exact) mass is 347 g/mol. The molecule has 0 spiro atoms. The Hall–Kier alpha value is -3.54. The van der Waals surface area contributed by atoms with Crippen LogP contribution in [0.1, 0.15) is 22.9 Å². The Morgan fingerprint density at radius 1 is 1.00 bits per heavy atom. The van der Waals surface area contributed by atoms with Gasteiger partial charge in [-0.15, -0.1) is 0 Å². The van der Waals surface area contributed by atoms with Crippen molar-refractivity contribution in [3.05, 3.63) is 106 Å². The van der Waals surface area contributed by atoms with Crippen molar-refractivity contribution in [2.45, 2.75) is 12.5 Å². The minimum atomic E-state index is -0.462. The Labute approximate surface area is 150 Å². The van der Waals surface area contributed by atoms with E-state index >= 15 is 0 Å². The van der Waals surface area contributed by atoms with Gasteiger partial charge in [-0.1, -0.05) is 48.5 Å². The second kappa shape index (κ2) is 8.02. The fraction of sp³-hybridized carbons (Fsp3) is 0.100. The topological polar surface area (TPSA) is 85.1 Å². The van der Waals surface area contributed by atoms with E-state index in [1.54, 1.807) is 18.3 Å². The zero-order valence-corrected chi connectivity index (χ0v) is 13.9. The Balaban J connectivity index is 1.76. The number of nitro benzene ring substituents is 1. The summed E-state index contributed by atoms with van der Waals surface area (Å²) in [6.07, 6.45) is 1.82. The molecule has 0 unspecified atom stereocenters. The maximum atomic E-state index is 12.5. The van der Waals surface area contributed by atoms with Crippen molar-refractivity contribution < 1.29 is 9.72 Å².